The number of alkyl halides is 1. The third kappa shape index (κ3) is 2.46. The van der Waals surface area contributed by atoms with E-state index in [1.807, 2.05) is 12.1 Å². The summed E-state index contributed by atoms with van der Waals surface area (Å²) < 4.78 is 2.18. The number of benzene rings is 1. The molecule has 19 heavy (non-hydrogen) atoms. The van der Waals surface area contributed by atoms with E-state index in [1.165, 1.54) is 0 Å². The third-order valence-electron chi connectivity index (χ3n) is 3.44. The average Bonchev–Trinajstić information content (AvgIpc) is 2.76. The third-order valence-corrected chi connectivity index (χ3v) is 3.68. The second-order valence-corrected chi connectivity index (χ2v) is 5.64. The maximum absolute atomic E-state index is 9.05. The molecule has 2 aromatic rings. The highest BCUT2D eigenvalue weighted by atomic mass is 35.5. The summed E-state index contributed by atoms with van der Waals surface area (Å²) in [4.78, 5) is 4.58. The van der Waals surface area contributed by atoms with Gasteiger partial charge >= 0.3 is 0 Å². The minimum absolute atomic E-state index is 0.0538. The summed E-state index contributed by atoms with van der Waals surface area (Å²) in [6, 6.07) is 7.77. The maximum atomic E-state index is 9.05. The van der Waals surface area contributed by atoms with Gasteiger partial charge in [0.25, 0.3) is 0 Å². The van der Waals surface area contributed by atoms with E-state index in [4.69, 9.17) is 16.9 Å². The van der Waals surface area contributed by atoms with Gasteiger partial charge in [0.1, 0.15) is 5.82 Å². The normalized spacial score (nSPS) is 11.7. The van der Waals surface area contributed by atoms with Gasteiger partial charge in [0.05, 0.1) is 28.5 Å². The number of fused-ring (bicyclic) bond motifs is 1. The summed E-state index contributed by atoms with van der Waals surface area (Å²) >= 11 is 6.04. The molecule has 0 atom stereocenters. The molecule has 1 aromatic carbocycles. The zero-order chi connectivity index (χ0) is 14.0. The number of nitrogens with zero attached hydrogens (tertiary/aromatic N) is 3. The summed E-state index contributed by atoms with van der Waals surface area (Å²) in [7, 11) is 0. The van der Waals surface area contributed by atoms with E-state index < -0.39 is 0 Å². The first kappa shape index (κ1) is 13.9. The number of aromatic nitrogens is 2. The molecule has 1 aromatic heterocycles. The highest BCUT2D eigenvalue weighted by molar-refractivity contribution is 6.16. The molecule has 100 valence electrons. The number of hydrogen-bond donors (Lipinski definition) is 0. The maximum Gasteiger partial charge on any atom is 0.125 e. The molecule has 0 bridgehead atoms. The van der Waals surface area contributed by atoms with Crippen LogP contribution in [0.5, 0.6) is 0 Å². The molecule has 0 radical (unpaired) electrons. The highest BCUT2D eigenvalue weighted by Crippen LogP contribution is 2.30. The van der Waals surface area contributed by atoms with Gasteiger partial charge in [0, 0.05) is 5.54 Å². The fraction of sp³-hybridized carbons (Fsp3) is 0.467. The van der Waals surface area contributed by atoms with Crippen LogP contribution in [-0.2, 0) is 11.4 Å². The van der Waals surface area contributed by atoms with Crippen LogP contribution in [0.2, 0.25) is 0 Å². The molecule has 0 amide bonds. The first-order valence-electron chi connectivity index (χ1n) is 6.51. The Labute approximate surface area is 118 Å². The van der Waals surface area contributed by atoms with E-state index in [9.17, 15) is 0 Å². The Morgan fingerprint density at radius 1 is 1.42 bits per heavy atom. The van der Waals surface area contributed by atoms with Gasteiger partial charge in [-0.15, -0.1) is 11.6 Å². The van der Waals surface area contributed by atoms with Crippen LogP contribution in [0.3, 0.4) is 0 Å². The molecule has 0 N–H and O–H groups in total. The molecule has 4 heteroatoms. The van der Waals surface area contributed by atoms with Gasteiger partial charge in [-0.1, -0.05) is 13.3 Å². The quantitative estimate of drug-likeness (QED) is 0.786. The Bertz CT molecular complexity index is 635. The lowest BCUT2D eigenvalue weighted by molar-refractivity contribution is 0.326. The Kier molecular flexibility index (Phi) is 3.82. The summed E-state index contributed by atoms with van der Waals surface area (Å²) in [6.07, 6.45) is 2.13. The van der Waals surface area contributed by atoms with Gasteiger partial charge < -0.3 is 4.57 Å². The van der Waals surface area contributed by atoms with Crippen LogP contribution in [0.4, 0.5) is 0 Å². The van der Waals surface area contributed by atoms with Crippen molar-refractivity contribution >= 4 is 22.6 Å². The zero-order valence-corrected chi connectivity index (χ0v) is 12.3. The van der Waals surface area contributed by atoms with Crippen molar-refractivity contribution in [2.75, 3.05) is 0 Å². The standard InChI is InChI=1S/C15H18ClN3/c1-4-7-15(2,3)19-13-8-11(10-17)5-6-12(13)18-14(19)9-16/h5-6,8H,4,7,9H2,1-3H3. The van der Waals surface area contributed by atoms with Crippen LogP contribution < -0.4 is 0 Å². The molecule has 0 fully saturated rings. The van der Waals surface area contributed by atoms with Crippen molar-refractivity contribution in [3.05, 3.63) is 29.6 Å². The van der Waals surface area contributed by atoms with E-state index in [2.05, 4.69) is 36.4 Å². The van der Waals surface area contributed by atoms with E-state index >= 15 is 0 Å². The number of halogens is 1. The zero-order valence-electron chi connectivity index (χ0n) is 11.6. The van der Waals surface area contributed by atoms with E-state index in [-0.39, 0.29) is 5.54 Å². The molecule has 0 spiro atoms. The number of rotatable bonds is 4. The van der Waals surface area contributed by atoms with E-state index in [1.54, 1.807) is 6.07 Å². The molecule has 2 rings (SSSR count). The van der Waals surface area contributed by atoms with Crippen LogP contribution in [0.15, 0.2) is 18.2 Å². The van der Waals surface area contributed by atoms with Crippen LogP contribution >= 0.6 is 11.6 Å². The predicted octanol–water partition coefficient (Wildman–Crippen LogP) is 4.18. The molecule has 0 saturated heterocycles. The van der Waals surface area contributed by atoms with Crippen molar-refractivity contribution in [1.29, 1.82) is 5.26 Å². The minimum Gasteiger partial charge on any atom is -0.321 e. The summed E-state index contributed by atoms with van der Waals surface area (Å²) in [5, 5.41) is 9.05. The highest BCUT2D eigenvalue weighted by Gasteiger charge is 2.25. The van der Waals surface area contributed by atoms with Gasteiger partial charge in [-0.3, -0.25) is 0 Å². The Morgan fingerprint density at radius 3 is 2.74 bits per heavy atom. The van der Waals surface area contributed by atoms with Crippen LogP contribution in [-0.4, -0.2) is 9.55 Å². The molecular formula is C15H18ClN3. The number of nitriles is 1. The van der Waals surface area contributed by atoms with Gasteiger partial charge in [-0.2, -0.15) is 5.26 Å². The molecular weight excluding hydrogens is 258 g/mol. The number of imidazole rings is 1. The first-order chi connectivity index (χ1) is 9.03. The summed E-state index contributed by atoms with van der Waals surface area (Å²) in [5.74, 6) is 1.24. The minimum atomic E-state index is -0.0538. The number of hydrogen-bond acceptors (Lipinski definition) is 2. The predicted molar refractivity (Wildman–Crippen MR) is 78.2 cm³/mol. The fourth-order valence-electron chi connectivity index (χ4n) is 2.68. The second-order valence-electron chi connectivity index (χ2n) is 5.37. The van der Waals surface area contributed by atoms with Crippen molar-refractivity contribution in [1.82, 2.24) is 9.55 Å². The molecule has 0 saturated carbocycles. The van der Waals surface area contributed by atoms with Gasteiger partial charge in [-0.25, -0.2) is 4.98 Å². The van der Waals surface area contributed by atoms with Crippen LogP contribution in [0.1, 0.15) is 45.0 Å². The lowest BCUT2D eigenvalue weighted by Crippen LogP contribution is -2.27. The largest absolute Gasteiger partial charge is 0.321 e. The van der Waals surface area contributed by atoms with Crippen LogP contribution in [0, 0.1) is 11.3 Å². The second kappa shape index (κ2) is 5.22. The molecule has 1 heterocycles. The first-order valence-corrected chi connectivity index (χ1v) is 7.05. The van der Waals surface area contributed by atoms with Crippen molar-refractivity contribution in [3.8, 4) is 6.07 Å². The monoisotopic (exact) mass is 275 g/mol. The SMILES string of the molecule is CCCC(C)(C)n1c(CCl)nc2ccc(C#N)cc21. The van der Waals surface area contributed by atoms with Gasteiger partial charge in [0.2, 0.25) is 0 Å². The lowest BCUT2D eigenvalue weighted by atomic mass is 9.98. The average molecular weight is 276 g/mol. The lowest BCUT2D eigenvalue weighted by Gasteiger charge is -2.29. The van der Waals surface area contributed by atoms with Crippen molar-refractivity contribution in [2.24, 2.45) is 0 Å². The Balaban J connectivity index is 2.72. The summed E-state index contributed by atoms with van der Waals surface area (Å²) in [5.41, 5.74) is 2.50. The smallest absolute Gasteiger partial charge is 0.125 e. The van der Waals surface area contributed by atoms with Gasteiger partial charge in [-0.05, 0) is 38.5 Å². The van der Waals surface area contributed by atoms with E-state index in [0.29, 0.717) is 11.4 Å². The molecule has 0 aliphatic heterocycles. The summed E-state index contributed by atoms with van der Waals surface area (Å²) in [6.45, 7) is 6.54. The van der Waals surface area contributed by atoms with Crippen LogP contribution in [0.25, 0.3) is 11.0 Å². The Hall–Kier alpha value is -1.53. The van der Waals surface area contributed by atoms with Crippen molar-refractivity contribution in [3.63, 3.8) is 0 Å². The molecule has 0 aliphatic rings. The molecule has 0 unspecified atom stereocenters. The van der Waals surface area contributed by atoms with E-state index in [0.717, 1.165) is 29.7 Å². The van der Waals surface area contributed by atoms with Crippen molar-refractivity contribution in [2.45, 2.75) is 45.0 Å². The van der Waals surface area contributed by atoms with Gasteiger partial charge in [0.15, 0.2) is 0 Å². The fourth-order valence-corrected chi connectivity index (χ4v) is 2.86. The molecule has 3 nitrogen and oxygen atoms in total. The topological polar surface area (TPSA) is 41.6 Å². The Morgan fingerprint density at radius 2 is 2.16 bits per heavy atom. The molecule has 0 aliphatic carbocycles. The van der Waals surface area contributed by atoms with Crippen molar-refractivity contribution < 1.29 is 0 Å².